The van der Waals surface area contributed by atoms with Crippen LogP contribution in [0.1, 0.15) is 44.2 Å². The number of halogens is 1. The van der Waals surface area contributed by atoms with Gasteiger partial charge in [0.15, 0.2) is 11.5 Å². The molecule has 1 atom stereocenters. The Kier molecular flexibility index (Phi) is 6.81. The summed E-state index contributed by atoms with van der Waals surface area (Å²) in [6, 6.07) is 10.6. The van der Waals surface area contributed by atoms with Gasteiger partial charge in [0.2, 0.25) is 5.82 Å². The van der Waals surface area contributed by atoms with Gasteiger partial charge in [-0.25, -0.2) is 9.18 Å². The van der Waals surface area contributed by atoms with Crippen LogP contribution in [0.2, 0.25) is 0 Å². The highest BCUT2D eigenvalue weighted by Gasteiger charge is 2.35. The van der Waals surface area contributed by atoms with Crippen LogP contribution >= 0.6 is 0 Å². The number of ether oxygens (including phenoxy) is 2. The van der Waals surface area contributed by atoms with Crippen LogP contribution in [0, 0.1) is 5.82 Å². The molecule has 1 N–H and O–H groups in total. The first-order chi connectivity index (χ1) is 16.5. The Morgan fingerprint density at radius 3 is 2.65 bits per heavy atom. The molecule has 0 saturated heterocycles. The smallest absolute Gasteiger partial charge is 0.322 e. The van der Waals surface area contributed by atoms with Gasteiger partial charge < -0.3 is 19.3 Å². The van der Waals surface area contributed by atoms with Gasteiger partial charge in [0.1, 0.15) is 5.82 Å². The zero-order valence-electron chi connectivity index (χ0n) is 19.6. The predicted molar refractivity (Wildman–Crippen MR) is 125 cm³/mol. The fourth-order valence-electron chi connectivity index (χ4n) is 4.01. The van der Waals surface area contributed by atoms with Crippen LogP contribution in [0.5, 0.6) is 11.5 Å². The first kappa shape index (κ1) is 23.3. The maximum Gasteiger partial charge on any atom is 0.322 e. The molecule has 9 heteroatoms. The second-order valence-corrected chi connectivity index (χ2v) is 7.93. The van der Waals surface area contributed by atoms with E-state index in [1.807, 2.05) is 6.92 Å². The minimum atomic E-state index is -0.639. The summed E-state index contributed by atoms with van der Waals surface area (Å²) in [6.45, 7) is 4.45. The second kappa shape index (κ2) is 9.94. The minimum absolute atomic E-state index is 0.247. The minimum Gasteiger partial charge on any atom is -0.493 e. The zero-order chi connectivity index (χ0) is 24.2. The quantitative estimate of drug-likeness (QED) is 0.491. The standard InChI is InChI=1S/C25H27FN4O4/c1-5-6-12-30-15(2)21(22(27-25(30)31)16-8-7-9-18(26)13-16)24-28-23(29-34-24)17-10-11-19(32-3)20(14-17)33-4/h7-11,13-14,22H,5-6,12H2,1-4H3,(H,27,31). The van der Waals surface area contributed by atoms with Crippen LogP contribution in [0.3, 0.4) is 0 Å². The van der Waals surface area contributed by atoms with Crippen molar-refractivity contribution >= 4 is 11.6 Å². The molecule has 0 spiro atoms. The number of carbonyl (C=O) groups is 1. The SMILES string of the molecule is CCCCN1C(=O)NC(c2cccc(F)c2)C(c2nc(-c3ccc(OC)c(OC)c3)no2)=C1C. The lowest BCUT2D eigenvalue weighted by atomic mass is 9.94. The summed E-state index contributed by atoms with van der Waals surface area (Å²) >= 11 is 0. The molecule has 0 aliphatic carbocycles. The number of nitrogens with one attached hydrogen (secondary N) is 1. The van der Waals surface area contributed by atoms with E-state index < -0.39 is 11.9 Å². The van der Waals surface area contributed by atoms with Crippen molar-refractivity contribution in [2.45, 2.75) is 32.7 Å². The normalized spacial score (nSPS) is 16.0. The molecule has 1 unspecified atom stereocenters. The summed E-state index contributed by atoms with van der Waals surface area (Å²) in [7, 11) is 3.12. The van der Waals surface area contributed by atoms with Crippen LogP contribution in [0.15, 0.2) is 52.7 Å². The van der Waals surface area contributed by atoms with Crippen molar-refractivity contribution in [3.8, 4) is 22.9 Å². The zero-order valence-corrected chi connectivity index (χ0v) is 19.6. The van der Waals surface area contributed by atoms with Crippen LogP contribution < -0.4 is 14.8 Å². The van der Waals surface area contributed by atoms with Gasteiger partial charge in [0, 0.05) is 17.8 Å². The highest BCUT2D eigenvalue weighted by atomic mass is 19.1. The molecule has 1 aliphatic rings. The van der Waals surface area contributed by atoms with Crippen LogP contribution in [-0.4, -0.2) is 41.8 Å². The molecular formula is C25H27FN4O4. The third-order valence-corrected chi connectivity index (χ3v) is 5.81. The Labute approximate surface area is 197 Å². The first-order valence-electron chi connectivity index (χ1n) is 11.1. The Bertz CT molecular complexity index is 1220. The van der Waals surface area contributed by atoms with Gasteiger partial charge in [-0.05, 0) is 49.2 Å². The largest absolute Gasteiger partial charge is 0.493 e. The molecule has 0 fully saturated rings. The van der Waals surface area contributed by atoms with Crippen molar-refractivity contribution < 1.29 is 23.2 Å². The van der Waals surface area contributed by atoms with E-state index in [2.05, 4.69) is 22.4 Å². The molecule has 1 aromatic heterocycles. The number of allylic oxidation sites excluding steroid dienone is 1. The molecule has 3 aromatic rings. The summed E-state index contributed by atoms with van der Waals surface area (Å²) in [5, 5.41) is 7.14. The topological polar surface area (TPSA) is 89.7 Å². The summed E-state index contributed by atoms with van der Waals surface area (Å²) in [5.74, 6) is 1.33. The number of nitrogens with zero attached hydrogens (tertiary/aromatic N) is 3. The molecule has 178 valence electrons. The molecule has 2 heterocycles. The van der Waals surface area contributed by atoms with E-state index >= 15 is 0 Å². The van der Waals surface area contributed by atoms with E-state index in [0.29, 0.717) is 46.3 Å². The van der Waals surface area contributed by atoms with E-state index in [-0.39, 0.29) is 11.9 Å². The molecule has 4 rings (SSSR count). The highest BCUT2D eigenvalue weighted by Crippen LogP contribution is 2.38. The maximum absolute atomic E-state index is 14.0. The van der Waals surface area contributed by atoms with Crippen molar-refractivity contribution in [3.05, 3.63) is 65.4 Å². The van der Waals surface area contributed by atoms with E-state index in [0.717, 1.165) is 12.8 Å². The van der Waals surface area contributed by atoms with Crippen molar-refractivity contribution in [1.29, 1.82) is 0 Å². The fraction of sp³-hybridized carbons (Fsp3) is 0.320. The number of carbonyl (C=O) groups excluding carboxylic acids is 1. The van der Waals surface area contributed by atoms with Gasteiger partial charge >= 0.3 is 6.03 Å². The van der Waals surface area contributed by atoms with E-state index in [1.165, 1.54) is 12.1 Å². The average Bonchev–Trinajstić information content (AvgIpc) is 3.33. The van der Waals surface area contributed by atoms with Crippen molar-refractivity contribution in [3.63, 3.8) is 0 Å². The Morgan fingerprint density at radius 1 is 1.15 bits per heavy atom. The second-order valence-electron chi connectivity index (χ2n) is 7.93. The molecular weight excluding hydrogens is 439 g/mol. The van der Waals surface area contributed by atoms with Crippen molar-refractivity contribution in [2.24, 2.45) is 0 Å². The Hall–Kier alpha value is -3.88. The summed E-state index contributed by atoms with van der Waals surface area (Å²) < 4.78 is 30.4. The van der Waals surface area contributed by atoms with E-state index in [4.69, 9.17) is 14.0 Å². The molecule has 2 aromatic carbocycles. The Balaban J connectivity index is 1.79. The number of benzene rings is 2. The van der Waals surface area contributed by atoms with E-state index in [1.54, 1.807) is 49.5 Å². The van der Waals surface area contributed by atoms with Gasteiger partial charge in [-0.2, -0.15) is 4.98 Å². The van der Waals surface area contributed by atoms with Crippen molar-refractivity contribution in [1.82, 2.24) is 20.4 Å². The monoisotopic (exact) mass is 466 g/mol. The molecule has 2 amide bonds. The third kappa shape index (κ3) is 4.46. The number of amides is 2. The van der Waals surface area contributed by atoms with E-state index in [9.17, 15) is 9.18 Å². The molecule has 8 nitrogen and oxygen atoms in total. The van der Waals surface area contributed by atoms with Crippen LogP contribution in [0.4, 0.5) is 9.18 Å². The molecule has 0 radical (unpaired) electrons. The number of rotatable bonds is 8. The highest BCUT2D eigenvalue weighted by molar-refractivity contribution is 5.86. The molecule has 0 saturated carbocycles. The lowest BCUT2D eigenvalue weighted by molar-refractivity contribution is 0.204. The number of methoxy groups -OCH3 is 2. The number of hydrogen-bond donors (Lipinski definition) is 1. The molecule has 0 bridgehead atoms. The number of hydrogen-bond acceptors (Lipinski definition) is 6. The number of aromatic nitrogens is 2. The first-order valence-corrected chi connectivity index (χ1v) is 11.1. The summed E-state index contributed by atoms with van der Waals surface area (Å²) in [5.41, 5.74) is 2.58. The molecule has 1 aliphatic heterocycles. The van der Waals surface area contributed by atoms with Gasteiger partial charge in [-0.15, -0.1) is 0 Å². The predicted octanol–water partition coefficient (Wildman–Crippen LogP) is 5.19. The van der Waals surface area contributed by atoms with Gasteiger partial charge in [0.25, 0.3) is 5.89 Å². The lowest BCUT2D eigenvalue weighted by Gasteiger charge is -2.35. The lowest BCUT2D eigenvalue weighted by Crippen LogP contribution is -2.46. The van der Waals surface area contributed by atoms with Gasteiger partial charge in [-0.3, -0.25) is 4.90 Å². The maximum atomic E-state index is 14.0. The van der Waals surface area contributed by atoms with Crippen LogP contribution in [-0.2, 0) is 0 Å². The Morgan fingerprint density at radius 2 is 1.94 bits per heavy atom. The number of urea groups is 1. The molecule has 34 heavy (non-hydrogen) atoms. The average molecular weight is 467 g/mol. The van der Waals surface area contributed by atoms with Gasteiger partial charge in [-0.1, -0.05) is 30.6 Å². The third-order valence-electron chi connectivity index (χ3n) is 5.81. The number of unbranched alkanes of at least 4 members (excludes halogenated alkanes) is 1. The summed E-state index contributed by atoms with van der Waals surface area (Å²) in [6.07, 6.45) is 1.77. The van der Waals surface area contributed by atoms with Crippen LogP contribution in [0.25, 0.3) is 17.0 Å². The summed E-state index contributed by atoms with van der Waals surface area (Å²) in [4.78, 5) is 19.2. The van der Waals surface area contributed by atoms with Crippen molar-refractivity contribution in [2.75, 3.05) is 20.8 Å². The van der Waals surface area contributed by atoms with Gasteiger partial charge in [0.05, 0.1) is 25.8 Å². The fourth-order valence-corrected chi connectivity index (χ4v) is 4.01.